The Morgan fingerprint density at radius 2 is 0.696 bits per heavy atom. The lowest BCUT2D eigenvalue weighted by molar-refractivity contribution is 1.07. The van der Waals surface area contributed by atoms with Crippen LogP contribution < -0.4 is 0 Å². The SMILES string of the molecule is c1ccc(-c2ccc(-c3nc(-c4ccccc4)nc(-c4cccc(-c5ccc6c(c5)c(-c5ccccc5)c(-c5cccnc5)c5ccccc56)c4)n3)cc2)cc1. The highest BCUT2D eigenvalue weighted by molar-refractivity contribution is 6.22. The Balaban J connectivity index is 1.13. The second kappa shape index (κ2) is 14.3. The zero-order valence-electron chi connectivity index (χ0n) is 30.4. The summed E-state index contributed by atoms with van der Waals surface area (Å²) in [6.45, 7) is 0. The van der Waals surface area contributed by atoms with Crippen LogP contribution in [0, 0.1) is 0 Å². The maximum absolute atomic E-state index is 5.09. The van der Waals surface area contributed by atoms with Crippen LogP contribution in [0.2, 0.25) is 0 Å². The van der Waals surface area contributed by atoms with Gasteiger partial charge in [0.1, 0.15) is 0 Å². The number of hydrogen-bond donors (Lipinski definition) is 0. The molecular weight excluding hydrogens is 681 g/mol. The number of rotatable bonds is 7. The monoisotopic (exact) mass is 714 g/mol. The van der Waals surface area contributed by atoms with Crippen molar-refractivity contribution in [2.75, 3.05) is 0 Å². The molecule has 56 heavy (non-hydrogen) atoms. The standard InChI is InChI=1S/C52H34N4/c1-4-14-35(15-5-1)36-25-27-39(28-26-36)51-54-50(38-18-8-3-9-19-38)55-52(56-51)42-21-12-20-40(32-42)41-29-30-45-44-23-10-11-24-46(44)49(43-22-13-31-53-34-43)48(47(45)33-41)37-16-6-2-7-17-37/h1-34H. The molecule has 0 aliphatic carbocycles. The summed E-state index contributed by atoms with van der Waals surface area (Å²) in [5.74, 6) is 1.89. The number of aromatic nitrogens is 4. The predicted octanol–water partition coefficient (Wildman–Crippen LogP) is 13.2. The molecule has 262 valence electrons. The molecule has 0 N–H and O–H groups in total. The fourth-order valence-corrected chi connectivity index (χ4v) is 7.72. The van der Waals surface area contributed by atoms with Crippen LogP contribution in [0.15, 0.2) is 207 Å². The van der Waals surface area contributed by atoms with Gasteiger partial charge < -0.3 is 0 Å². The molecule has 8 aromatic carbocycles. The summed E-state index contributed by atoms with van der Waals surface area (Å²) in [5, 5.41) is 4.81. The van der Waals surface area contributed by atoms with Gasteiger partial charge in [0.25, 0.3) is 0 Å². The summed E-state index contributed by atoms with van der Waals surface area (Å²) < 4.78 is 0. The lowest BCUT2D eigenvalue weighted by Crippen LogP contribution is -2.00. The lowest BCUT2D eigenvalue weighted by atomic mass is 9.84. The minimum absolute atomic E-state index is 0.624. The van der Waals surface area contributed by atoms with Gasteiger partial charge in [0.2, 0.25) is 0 Å². The van der Waals surface area contributed by atoms with Crippen molar-refractivity contribution in [2.45, 2.75) is 0 Å². The van der Waals surface area contributed by atoms with Crippen molar-refractivity contribution in [1.29, 1.82) is 0 Å². The minimum Gasteiger partial charge on any atom is -0.264 e. The van der Waals surface area contributed by atoms with Crippen molar-refractivity contribution in [3.05, 3.63) is 207 Å². The van der Waals surface area contributed by atoms with E-state index in [1.807, 2.05) is 54.9 Å². The molecular formula is C52H34N4. The third kappa shape index (κ3) is 6.19. The van der Waals surface area contributed by atoms with Crippen LogP contribution in [-0.4, -0.2) is 19.9 Å². The molecule has 10 rings (SSSR count). The zero-order valence-corrected chi connectivity index (χ0v) is 30.4. The molecule has 0 spiro atoms. The molecule has 0 fully saturated rings. The Hall–Kier alpha value is -7.56. The molecule has 0 atom stereocenters. The van der Waals surface area contributed by atoms with E-state index in [1.165, 1.54) is 38.2 Å². The number of benzene rings is 8. The Kier molecular flexibility index (Phi) is 8.47. The quantitative estimate of drug-likeness (QED) is 0.154. The highest BCUT2D eigenvalue weighted by atomic mass is 15.0. The van der Waals surface area contributed by atoms with Gasteiger partial charge in [-0.3, -0.25) is 4.98 Å². The molecule has 0 bridgehead atoms. The van der Waals surface area contributed by atoms with E-state index in [-0.39, 0.29) is 0 Å². The summed E-state index contributed by atoms with van der Waals surface area (Å²) in [6, 6.07) is 67.9. The highest BCUT2D eigenvalue weighted by Crippen LogP contribution is 2.45. The Labute approximate surface area is 325 Å². The summed E-state index contributed by atoms with van der Waals surface area (Å²) in [4.78, 5) is 19.7. The van der Waals surface area contributed by atoms with Crippen molar-refractivity contribution in [3.8, 4) is 78.7 Å². The first kappa shape index (κ1) is 33.0. The van der Waals surface area contributed by atoms with Gasteiger partial charge in [0.05, 0.1) is 0 Å². The van der Waals surface area contributed by atoms with Crippen molar-refractivity contribution < 1.29 is 0 Å². The van der Waals surface area contributed by atoms with Crippen LogP contribution in [0.3, 0.4) is 0 Å². The van der Waals surface area contributed by atoms with Crippen LogP contribution in [0.1, 0.15) is 0 Å². The second-order valence-electron chi connectivity index (χ2n) is 13.9. The molecule has 0 aliphatic rings. The largest absolute Gasteiger partial charge is 0.264 e. The molecule has 0 radical (unpaired) electrons. The van der Waals surface area contributed by atoms with Crippen molar-refractivity contribution in [3.63, 3.8) is 0 Å². The van der Waals surface area contributed by atoms with Gasteiger partial charge in [-0.05, 0) is 78.7 Å². The van der Waals surface area contributed by atoms with Crippen LogP contribution in [0.5, 0.6) is 0 Å². The van der Waals surface area contributed by atoms with Gasteiger partial charge in [-0.15, -0.1) is 0 Å². The van der Waals surface area contributed by atoms with Gasteiger partial charge in [-0.25, -0.2) is 15.0 Å². The maximum atomic E-state index is 5.09. The number of pyridine rings is 1. The van der Waals surface area contributed by atoms with E-state index in [9.17, 15) is 0 Å². The molecule has 0 aliphatic heterocycles. The first-order chi connectivity index (χ1) is 27.8. The van der Waals surface area contributed by atoms with Gasteiger partial charge in [0, 0.05) is 34.6 Å². The van der Waals surface area contributed by atoms with E-state index < -0.39 is 0 Å². The fraction of sp³-hybridized carbons (Fsp3) is 0. The summed E-state index contributed by atoms with van der Waals surface area (Å²) in [7, 11) is 0. The normalized spacial score (nSPS) is 11.2. The molecule has 0 unspecified atom stereocenters. The molecule has 4 heteroatoms. The molecule has 0 amide bonds. The van der Waals surface area contributed by atoms with Crippen LogP contribution in [0.4, 0.5) is 0 Å². The fourth-order valence-electron chi connectivity index (χ4n) is 7.72. The maximum Gasteiger partial charge on any atom is 0.164 e. The summed E-state index contributed by atoms with van der Waals surface area (Å²) in [5.41, 5.74) is 11.9. The number of fused-ring (bicyclic) bond motifs is 3. The molecule has 2 aromatic heterocycles. The molecule has 0 saturated carbocycles. The summed E-state index contributed by atoms with van der Waals surface area (Å²) >= 11 is 0. The highest BCUT2D eigenvalue weighted by Gasteiger charge is 2.19. The second-order valence-corrected chi connectivity index (χ2v) is 13.9. The van der Waals surface area contributed by atoms with Crippen molar-refractivity contribution >= 4 is 21.5 Å². The van der Waals surface area contributed by atoms with Crippen molar-refractivity contribution in [2.24, 2.45) is 0 Å². The smallest absolute Gasteiger partial charge is 0.164 e. The topological polar surface area (TPSA) is 51.6 Å². The van der Waals surface area contributed by atoms with Gasteiger partial charge in [0.15, 0.2) is 17.5 Å². The first-order valence-corrected chi connectivity index (χ1v) is 18.8. The average Bonchev–Trinajstić information content (AvgIpc) is 3.29. The van der Waals surface area contributed by atoms with Crippen molar-refractivity contribution in [1.82, 2.24) is 19.9 Å². The number of hydrogen-bond acceptors (Lipinski definition) is 4. The third-order valence-electron chi connectivity index (χ3n) is 10.4. The molecule has 0 saturated heterocycles. The van der Waals surface area contributed by atoms with E-state index in [0.29, 0.717) is 17.5 Å². The Morgan fingerprint density at radius 3 is 1.38 bits per heavy atom. The van der Waals surface area contributed by atoms with Gasteiger partial charge in [-0.1, -0.05) is 176 Å². The van der Waals surface area contributed by atoms with Gasteiger partial charge in [-0.2, -0.15) is 0 Å². The third-order valence-corrected chi connectivity index (χ3v) is 10.4. The zero-order chi connectivity index (χ0) is 37.3. The Bertz CT molecular complexity index is 2980. The molecule has 4 nitrogen and oxygen atoms in total. The van der Waals surface area contributed by atoms with Gasteiger partial charge >= 0.3 is 0 Å². The Morgan fingerprint density at radius 1 is 0.250 bits per heavy atom. The molecule has 2 heterocycles. The minimum atomic E-state index is 0.624. The predicted molar refractivity (Wildman–Crippen MR) is 231 cm³/mol. The van der Waals surface area contributed by atoms with E-state index >= 15 is 0 Å². The van der Waals surface area contributed by atoms with Crippen LogP contribution in [-0.2, 0) is 0 Å². The average molecular weight is 715 g/mol. The molecule has 10 aromatic rings. The summed E-state index contributed by atoms with van der Waals surface area (Å²) in [6.07, 6.45) is 3.80. The van der Waals surface area contributed by atoms with E-state index in [0.717, 1.165) is 44.5 Å². The van der Waals surface area contributed by atoms with E-state index in [1.54, 1.807) is 0 Å². The first-order valence-electron chi connectivity index (χ1n) is 18.8. The number of nitrogens with zero attached hydrogens (tertiary/aromatic N) is 4. The van der Waals surface area contributed by atoms with Crippen LogP contribution in [0.25, 0.3) is 100 Å². The van der Waals surface area contributed by atoms with Crippen LogP contribution >= 0.6 is 0 Å². The van der Waals surface area contributed by atoms with E-state index in [4.69, 9.17) is 15.0 Å². The van der Waals surface area contributed by atoms with E-state index in [2.05, 4.69) is 157 Å². The lowest BCUT2D eigenvalue weighted by Gasteiger charge is -2.19.